The van der Waals surface area contributed by atoms with Crippen molar-refractivity contribution in [2.24, 2.45) is 0 Å². The maximum absolute atomic E-state index is 11.0. The highest BCUT2D eigenvalue weighted by molar-refractivity contribution is 7.17. The van der Waals surface area contributed by atoms with Crippen LogP contribution in [0.15, 0.2) is 35.1 Å². The lowest BCUT2D eigenvalue weighted by molar-refractivity contribution is 0.112. The number of aldehydes is 1. The molecule has 0 aliphatic rings. The average molecular weight is 205 g/mol. The van der Waals surface area contributed by atoms with Crippen LogP contribution in [0.4, 0.5) is 0 Å². The number of rotatable bonds is 2. The van der Waals surface area contributed by atoms with Crippen LogP contribution in [0.1, 0.15) is 9.67 Å². The molecule has 0 spiro atoms. The molecule has 0 unspecified atom stereocenters. The van der Waals surface area contributed by atoms with E-state index < -0.39 is 0 Å². The predicted molar refractivity (Wildman–Crippen MR) is 55.8 cm³/mol. The summed E-state index contributed by atoms with van der Waals surface area (Å²) in [6, 6.07) is 8.51. The molecule has 2 aromatic heterocycles. The van der Waals surface area contributed by atoms with Gasteiger partial charge in [-0.1, -0.05) is 6.07 Å². The standard InChI is InChI=1S/C10H7NO2S/c12-6-7-4-5-9(14-7)8-2-1-3-10(13)11-8/h1-6H,(H,11,13). The van der Waals surface area contributed by atoms with Crippen LogP contribution in [0.5, 0.6) is 0 Å². The lowest BCUT2D eigenvalue weighted by atomic mass is 10.3. The molecular formula is C10H7NO2S. The monoisotopic (exact) mass is 205 g/mol. The molecule has 0 aliphatic carbocycles. The van der Waals surface area contributed by atoms with Crippen molar-refractivity contribution in [2.75, 3.05) is 0 Å². The summed E-state index contributed by atoms with van der Waals surface area (Å²) >= 11 is 1.36. The summed E-state index contributed by atoms with van der Waals surface area (Å²) in [5, 5.41) is 0. The number of carbonyl (C=O) groups is 1. The fourth-order valence-corrected chi connectivity index (χ4v) is 1.96. The quantitative estimate of drug-likeness (QED) is 0.761. The molecule has 2 rings (SSSR count). The molecule has 4 heteroatoms. The van der Waals surface area contributed by atoms with Crippen LogP contribution < -0.4 is 5.56 Å². The van der Waals surface area contributed by atoms with E-state index in [1.165, 1.54) is 17.4 Å². The van der Waals surface area contributed by atoms with E-state index in [9.17, 15) is 9.59 Å². The molecule has 0 atom stereocenters. The summed E-state index contributed by atoms with van der Waals surface area (Å²) in [4.78, 5) is 25.7. The van der Waals surface area contributed by atoms with E-state index in [-0.39, 0.29) is 5.56 Å². The second-order valence-corrected chi connectivity index (χ2v) is 3.86. The number of hydrogen-bond donors (Lipinski definition) is 1. The van der Waals surface area contributed by atoms with Gasteiger partial charge in [0.25, 0.3) is 0 Å². The van der Waals surface area contributed by atoms with Crippen molar-refractivity contribution in [3.63, 3.8) is 0 Å². The molecule has 3 nitrogen and oxygen atoms in total. The summed E-state index contributed by atoms with van der Waals surface area (Å²) in [6.07, 6.45) is 0.801. The summed E-state index contributed by atoms with van der Waals surface area (Å²) in [6.45, 7) is 0. The largest absolute Gasteiger partial charge is 0.321 e. The average Bonchev–Trinajstić information content (AvgIpc) is 2.66. The summed E-state index contributed by atoms with van der Waals surface area (Å²) < 4.78 is 0. The van der Waals surface area contributed by atoms with Gasteiger partial charge in [0.05, 0.1) is 15.4 Å². The molecule has 0 amide bonds. The Hall–Kier alpha value is -1.68. The normalized spacial score (nSPS) is 10.0. The Kier molecular flexibility index (Phi) is 2.28. The second-order valence-electron chi connectivity index (χ2n) is 2.75. The maximum atomic E-state index is 11.0. The second kappa shape index (κ2) is 3.59. The highest BCUT2D eigenvalue weighted by Crippen LogP contribution is 2.24. The molecule has 14 heavy (non-hydrogen) atoms. The molecule has 2 aromatic rings. The van der Waals surface area contributed by atoms with Gasteiger partial charge < -0.3 is 4.98 Å². The van der Waals surface area contributed by atoms with Gasteiger partial charge in [-0.05, 0) is 18.2 Å². The Morgan fingerprint density at radius 2 is 2.07 bits per heavy atom. The van der Waals surface area contributed by atoms with Crippen LogP contribution in [0, 0.1) is 0 Å². The van der Waals surface area contributed by atoms with Crippen LogP contribution in [0.3, 0.4) is 0 Å². The van der Waals surface area contributed by atoms with Gasteiger partial charge in [-0.25, -0.2) is 0 Å². The number of aromatic nitrogens is 1. The Morgan fingerprint density at radius 3 is 2.71 bits per heavy atom. The number of aromatic amines is 1. The molecule has 70 valence electrons. The number of nitrogens with one attached hydrogen (secondary N) is 1. The number of thiophene rings is 1. The molecule has 0 radical (unpaired) electrons. The minimum absolute atomic E-state index is 0.136. The van der Waals surface area contributed by atoms with Crippen molar-refractivity contribution >= 4 is 17.6 Å². The van der Waals surface area contributed by atoms with Gasteiger partial charge in [0.1, 0.15) is 0 Å². The highest BCUT2D eigenvalue weighted by atomic mass is 32.1. The molecule has 0 aliphatic heterocycles. The van der Waals surface area contributed by atoms with Gasteiger partial charge in [0, 0.05) is 6.07 Å². The number of hydrogen-bond acceptors (Lipinski definition) is 3. The van der Waals surface area contributed by atoms with Crippen LogP contribution in [0.25, 0.3) is 10.6 Å². The Morgan fingerprint density at radius 1 is 1.21 bits per heavy atom. The van der Waals surface area contributed by atoms with Gasteiger partial charge in [0.2, 0.25) is 5.56 Å². The smallest absolute Gasteiger partial charge is 0.248 e. The maximum Gasteiger partial charge on any atom is 0.248 e. The van der Waals surface area contributed by atoms with E-state index in [0.29, 0.717) is 4.88 Å². The third-order valence-electron chi connectivity index (χ3n) is 1.78. The Labute approximate surface area is 84.0 Å². The van der Waals surface area contributed by atoms with E-state index in [1.807, 2.05) is 12.1 Å². The Balaban J connectivity index is 2.49. The molecular weight excluding hydrogens is 198 g/mol. The third-order valence-corrected chi connectivity index (χ3v) is 2.82. The molecule has 2 heterocycles. The molecule has 0 saturated carbocycles. The van der Waals surface area contributed by atoms with Gasteiger partial charge in [-0.15, -0.1) is 11.3 Å². The lowest BCUT2D eigenvalue weighted by Gasteiger charge is -1.94. The van der Waals surface area contributed by atoms with E-state index in [4.69, 9.17) is 0 Å². The van der Waals surface area contributed by atoms with E-state index >= 15 is 0 Å². The fraction of sp³-hybridized carbons (Fsp3) is 0. The fourth-order valence-electron chi connectivity index (χ4n) is 1.15. The topological polar surface area (TPSA) is 49.9 Å². The molecule has 0 saturated heterocycles. The van der Waals surface area contributed by atoms with Gasteiger partial charge in [0.15, 0.2) is 6.29 Å². The molecule has 0 aromatic carbocycles. The first kappa shape index (κ1) is 8.90. The van der Waals surface area contributed by atoms with Crippen molar-refractivity contribution in [1.82, 2.24) is 4.98 Å². The minimum atomic E-state index is -0.136. The predicted octanol–water partition coefficient (Wildman–Crippen LogP) is 1.92. The zero-order valence-corrected chi connectivity index (χ0v) is 8.01. The molecule has 0 bridgehead atoms. The van der Waals surface area contributed by atoms with Crippen LogP contribution in [0.2, 0.25) is 0 Å². The van der Waals surface area contributed by atoms with Crippen LogP contribution in [-0.2, 0) is 0 Å². The van der Waals surface area contributed by atoms with E-state index in [0.717, 1.165) is 16.9 Å². The Bertz CT molecular complexity index is 513. The zero-order chi connectivity index (χ0) is 9.97. The van der Waals surface area contributed by atoms with Crippen molar-refractivity contribution in [1.29, 1.82) is 0 Å². The lowest BCUT2D eigenvalue weighted by Crippen LogP contribution is -2.02. The first-order valence-electron chi connectivity index (χ1n) is 4.04. The van der Waals surface area contributed by atoms with Crippen LogP contribution >= 0.6 is 11.3 Å². The first-order valence-corrected chi connectivity index (χ1v) is 4.86. The van der Waals surface area contributed by atoms with Crippen molar-refractivity contribution in [3.05, 3.63) is 45.6 Å². The molecule has 1 N–H and O–H groups in total. The van der Waals surface area contributed by atoms with E-state index in [1.54, 1.807) is 12.1 Å². The third kappa shape index (κ3) is 1.65. The van der Waals surface area contributed by atoms with Gasteiger partial charge in [-0.2, -0.15) is 0 Å². The number of pyridine rings is 1. The summed E-state index contributed by atoms with van der Waals surface area (Å²) in [5.74, 6) is 0. The van der Waals surface area contributed by atoms with E-state index in [2.05, 4.69) is 4.98 Å². The first-order chi connectivity index (χ1) is 6.79. The zero-order valence-electron chi connectivity index (χ0n) is 7.19. The van der Waals surface area contributed by atoms with Crippen molar-refractivity contribution in [3.8, 4) is 10.6 Å². The highest BCUT2D eigenvalue weighted by Gasteiger charge is 2.01. The van der Waals surface area contributed by atoms with Gasteiger partial charge in [-0.3, -0.25) is 9.59 Å². The summed E-state index contributed by atoms with van der Waals surface area (Å²) in [7, 11) is 0. The SMILES string of the molecule is O=Cc1ccc(-c2cccc(=O)[nH]2)s1. The van der Waals surface area contributed by atoms with Crippen molar-refractivity contribution < 1.29 is 4.79 Å². The molecule has 0 fully saturated rings. The van der Waals surface area contributed by atoms with Gasteiger partial charge >= 0.3 is 0 Å². The number of H-pyrrole nitrogens is 1. The van der Waals surface area contributed by atoms with Crippen LogP contribution in [-0.4, -0.2) is 11.3 Å². The van der Waals surface area contributed by atoms with Crippen molar-refractivity contribution in [2.45, 2.75) is 0 Å². The summed E-state index contributed by atoms with van der Waals surface area (Å²) in [5.41, 5.74) is 0.610. The minimum Gasteiger partial charge on any atom is -0.321 e. The number of carbonyl (C=O) groups excluding carboxylic acids is 1.